The second-order valence-electron chi connectivity index (χ2n) is 4.16. The zero-order chi connectivity index (χ0) is 15.2. The van der Waals surface area contributed by atoms with Crippen LogP contribution in [0, 0.1) is 0 Å². The smallest absolute Gasteiger partial charge is 0.405 e. The van der Waals surface area contributed by atoms with E-state index in [0.717, 1.165) is 5.56 Å². The van der Waals surface area contributed by atoms with Crippen molar-refractivity contribution in [3.05, 3.63) is 57.7 Å². The number of nitrogens with zero attached hydrogens (tertiary/aromatic N) is 1. The third kappa shape index (κ3) is 4.61. The summed E-state index contributed by atoms with van der Waals surface area (Å²) in [5.74, 6) is 0.354. The number of nitrogens with one attached hydrogen (secondary N) is 1. The largest absolute Gasteiger partial charge is 0.474 e. The van der Waals surface area contributed by atoms with Gasteiger partial charge in [0, 0.05) is 6.20 Å². The van der Waals surface area contributed by atoms with Crippen LogP contribution in [0.15, 0.2) is 47.1 Å². The summed E-state index contributed by atoms with van der Waals surface area (Å²) in [7, 11) is 0. The van der Waals surface area contributed by atoms with E-state index in [1.807, 2.05) is 30.3 Å². The molecule has 0 aliphatic heterocycles. The van der Waals surface area contributed by atoms with E-state index in [1.54, 1.807) is 6.07 Å². The molecule has 0 fully saturated rings. The fraction of sp³-hybridized carbons (Fsp3) is 0.143. The SMILES string of the molecule is O=C(O)NC(COc1ncc(Cl)cc1Br)c1ccccc1. The Bertz CT molecular complexity index is 625. The van der Waals surface area contributed by atoms with E-state index in [-0.39, 0.29) is 6.61 Å². The first kappa shape index (κ1) is 15.6. The summed E-state index contributed by atoms with van der Waals surface area (Å²) in [5.41, 5.74) is 0.810. The number of pyridine rings is 1. The fourth-order valence-corrected chi connectivity index (χ4v) is 2.48. The maximum atomic E-state index is 10.9. The molecule has 7 heteroatoms. The number of carboxylic acid groups (broad SMARTS) is 1. The molecule has 110 valence electrons. The standard InChI is InChI=1S/C14H12BrClN2O3/c15-11-6-10(16)7-17-13(11)21-8-12(18-14(19)20)9-4-2-1-3-5-9/h1-7,12,18H,8H2,(H,19,20). The lowest BCUT2D eigenvalue weighted by molar-refractivity contribution is 0.180. The summed E-state index contributed by atoms with van der Waals surface area (Å²) < 4.78 is 6.18. The Labute approximate surface area is 135 Å². The lowest BCUT2D eigenvalue weighted by Gasteiger charge is -2.18. The molecule has 0 radical (unpaired) electrons. The number of rotatable bonds is 5. The van der Waals surface area contributed by atoms with Gasteiger partial charge in [-0.1, -0.05) is 41.9 Å². The van der Waals surface area contributed by atoms with E-state index in [1.165, 1.54) is 6.20 Å². The van der Waals surface area contributed by atoms with Crippen LogP contribution in [-0.4, -0.2) is 22.8 Å². The maximum Gasteiger partial charge on any atom is 0.405 e. The molecule has 2 aromatic rings. The summed E-state index contributed by atoms with van der Waals surface area (Å²) in [4.78, 5) is 14.9. The van der Waals surface area contributed by atoms with Crippen LogP contribution in [0.5, 0.6) is 5.88 Å². The summed E-state index contributed by atoms with van der Waals surface area (Å²) in [6, 6.07) is 10.4. The average Bonchev–Trinajstić information content (AvgIpc) is 2.45. The van der Waals surface area contributed by atoms with Crippen LogP contribution in [0.3, 0.4) is 0 Å². The first-order valence-electron chi connectivity index (χ1n) is 6.04. The summed E-state index contributed by atoms with van der Waals surface area (Å²) in [6.45, 7) is 0.115. The lowest BCUT2D eigenvalue weighted by Crippen LogP contribution is -2.31. The molecule has 1 amide bonds. The van der Waals surface area contributed by atoms with Crippen molar-refractivity contribution in [1.82, 2.24) is 10.3 Å². The number of ether oxygens (including phenoxy) is 1. The highest BCUT2D eigenvalue weighted by Gasteiger charge is 2.16. The Kier molecular flexibility index (Phi) is 5.41. The van der Waals surface area contributed by atoms with Crippen LogP contribution in [-0.2, 0) is 0 Å². The predicted molar refractivity (Wildman–Crippen MR) is 82.8 cm³/mol. The number of hydrogen-bond donors (Lipinski definition) is 2. The summed E-state index contributed by atoms with van der Waals surface area (Å²) >= 11 is 9.10. The number of amides is 1. The lowest BCUT2D eigenvalue weighted by atomic mass is 10.1. The van der Waals surface area contributed by atoms with Crippen molar-refractivity contribution in [2.75, 3.05) is 6.61 Å². The van der Waals surface area contributed by atoms with E-state index in [0.29, 0.717) is 15.4 Å². The Hall–Kier alpha value is -1.79. The molecule has 0 aliphatic carbocycles. The Morgan fingerprint density at radius 2 is 2.14 bits per heavy atom. The van der Waals surface area contributed by atoms with Gasteiger partial charge in [0.05, 0.1) is 15.5 Å². The molecule has 2 rings (SSSR count). The predicted octanol–water partition coefficient (Wildman–Crippen LogP) is 3.89. The number of aromatic nitrogens is 1. The molecule has 1 unspecified atom stereocenters. The number of halogens is 2. The zero-order valence-corrected chi connectivity index (χ0v) is 13.1. The molecule has 1 atom stereocenters. The molecule has 5 nitrogen and oxygen atoms in total. The molecule has 2 N–H and O–H groups in total. The molecule has 0 bridgehead atoms. The van der Waals surface area contributed by atoms with Gasteiger partial charge in [0.2, 0.25) is 5.88 Å². The third-order valence-electron chi connectivity index (χ3n) is 2.66. The molecule has 0 saturated carbocycles. The van der Waals surface area contributed by atoms with Crippen molar-refractivity contribution in [3.8, 4) is 5.88 Å². The average molecular weight is 372 g/mol. The van der Waals surface area contributed by atoms with E-state index < -0.39 is 12.1 Å². The van der Waals surface area contributed by atoms with Crippen LogP contribution >= 0.6 is 27.5 Å². The minimum absolute atomic E-state index is 0.115. The van der Waals surface area contributed by atoms with Gasteiger partial charge in [-0.15, -0.1) is 0 Å². The van der Waals surface area contributed by atoms with E-state index in [9.17, 15) is 4.79 Å². The fourth-order valence-electron chi connectivity index (χ4n) is 1.73. The van der Waals surface area contributed by atoms with Gasteiger partial charge in [0.1, 0.15) is 6.61 Å². The molecule has 1 aromatic heterocycles. The third-order valence-corrected chi connectivity index (χ3v) is 3.44. The van der Waals surface area contributed by atoms with Gasteiger partial charge >= 0.3 is 6.09 Å². The van der Waals surface area contributed by atoms with Crippen molar-refractivity contribution in [3.63, 3.8) is 0 Å². The van der Waals surface area contributed by atoms with Gasteiger partial charge in [0.25, 0.3) is 0 Å². The Balaban J connectivity index is 2.10. The number of benzene rings is 1. The molecular weight excluding hydrogens is 360 g/mol. The zero-order valence-electron chi connectivity index (χ0n) is 10.8. The monoisotopic (exact) mass is 370 g/mol. The van der Waals surface area contributed by atoms with E-state index in [4.69, 9.17) is 21.4 Å². The first-order valence-corrected chi connectivity index (χ1v) is 7.21. The van der Waals surface area contributed by atoms with Crippen molar-refractivity contribution < 1.29 is 14.6 Å². The molecule has 0 saturated heterocycles. The second kappa shape index (κ2) is 7.28. The highest BCUT2D eigenvalue weighted by Crippen LogP contribution is 2.26. The van der Waals surface area contributed by atoms with E-state index >= 15 is 0 Å². The van der Waals surface area contributed by atoms with Crippen LogP contribution in [0.2, 0.25) is 5.02 Å². The van der Waals surface area contributed by atoms with Gasteiger partial charge in [-0.25, -0.2) is 9.78 Å². The minimum atomic E-state index is -1.12. The highest BCUT2D eigenvalue weighted by atomic mass is 79.9. The molecule has 0 spiro atoms. The molecule has 1 heterocycles. The Morgan fingerprint density at radius 1 is 1.43 bits per heavy atom. The molecule has 0 aliphatic rings. The Morgan fingerprint density at radius 3 is 2.76 bits per heavy atom. The molecular formula is C14H12BrClN2O3. The van der Waals surface area contributed by atoms with E-state index in [2.05, 4.69) is 26.2 Å². The van der Waals surface area contributed by atoms with Crippen LogP contribution < -0.4 is 10.1 Å². The minimum Gasteiger partial charge on any atom is -0.474 e. The van der Waals surface area contributed by atoms with Crippen LogP contribution in [0.25, 0.3) is 0 Å². The number of hydrogen-bond acceptors (Lipinski definition) is 3. The van der Waals surface area contributed by atoms with Crippen molar-refractivity contribution in [2.45, 2.75) is 6.04 Å². The molecule has 21 heavy (non-hydrogen) atoms. The summed E-state index contributed by atoms with van der Waals surface area (Å²) in [6.07, 6.45) is 0.347. The van der Waals surface area contributed by atoms with Crippen LogP contribution in [0.4, 0.5) is 4.79 Å². The maximum absolute atomic E-state index is 10.9. The van der Waals surface area contributed by atoms with Gasteiger partial charge in [-0.2, -0.15) is 0 Å². The highest BCUT2D eigenvalue weighted by molar-refractivity contribution is 9.10. The van der Waals surface area contributed by atoms with Gasteiger partial charge in [0.15, 0.2) is 0 Å². The normalized spacial score (nSPS) is 11.7. The van der Waals surface area contributed by atoms with Gasteiger partial charge < -0.3 is 15.2 Å². The second-order valence-corrected chi connectivity index (χ2v) is 5.46. The number of carbonyl (C=O) groups is 1. The quantitative estimate of drug-likeness (QED) is 0.836. The van der Waals surface area contributed by atoms with Gasteiger partial charge in [-0.05, 0) is 27.6 Å². The topological polar surface area (TPSA) is 71.5 Å². The van der Waals surface area contributed by atoms with Crippen molar-refractivity contribution in [1.29, 1.82) is 0 Å². The van der Waals surface area contributed by atoms with Crippen molar-refractivity contribution in [2.24, 2.45) is 0 Å². The van der Waals surface area contributed by atoms with Crippen molar-refractivity contribution >= 4 is 33.6 Å². The summed E-state index contributed by atoms with van der Waals surface area (Å²) in [5, 5.41) is 11.8. The molecule has 1 aromatic carbocycles. The first-order chi connectivity index (χ1) is 10.1. The van der Waals surface area contributed by atoms with Crippen LogP contribution in [0.1, 0.15) is 11.6 Å². The van der Waals surface area contributed by atoms with Gasteiger partial charge in [-0.3, -0.25) is 0 Å².